The second kappa shape index (κ2) is 7.07. The van der Waals surface area contributed by atoms with Gasteiger partial charge in [-0.1, -0.05) is 45.8 Å². The van der Waals surface area contributed by atoms with Crippen LogP contribution in [0.3, 0.4) is 0 Å². The normalized spacial score (nSPS) is 16.0. The predicted molar refractivity (Wildman–Crippen MR) is 114 cm³/mol. The summed E-state index contributed by atoms with van der Waals surface area (Å²) >= 11 is 3.38. The van der Waals surface area contributed by atoms with E-state index in [1.165, 1.54) is 4.57 Å². The molecule has 3 aromatic rings. The van der Waals surface area contributed by atoms with Gasteiger partial charge < -0.3 is 4.98 Å². The van der Waals surface area contributed by atoms with Crippen LogP contribution in [0.5, 0.6) is 0 Å². The van der Waals surface area contributed by atoms with Crippen molar-refractivity contribution in [3.8, 4) is 5.69 Å². The number of aryl methyl sites for hydroxylation is 1. The number of hydrogen-bond donors (Lipinski definition) is 1. The predicted octanol–water partition coefficient (Wildman–Crippen LogP) is 4.12. The van der Waals surface area contributed by atoms with Crippen LogP contribution in [-0.2, 0) is 9.84 Å². The van der Waals surface area contributed by atoms with Gasteiger partial charge >= 0.3 is 5.69 Å². The van der Waals surface area contributed by atoms with Crippen molar-refractivity contribution in [2.24, 2.45) is 0 Å². The summed E-state index contributed by atoms with van der Waals surface area (Å²) in [5.41, 5.74) is 2.61. The lowest BCUT2D eigenvalue weighted by atomic mass is 10.2. The quantitative estimate of drug-likeness (QED) is 0.643. The molecule has 5 nitrogen and oxygen atoms in total. The van der Waals surface area contributed by atoms with Gasteiger partial charge in [0.05, 0.1) is 22.0 Å². The average Bonchev–Trinajstić information content (AvgIpc) is 2.84. The van der Waals surface area contributed by atoms with E-state index in [0.717, 1.165) is 10.0 Å². The van der Waals surface area contributed by atoms with E-state index < -0.39 is 15.1 Å². The Kier molecular flexibility index (Phi) is 4.72. The molecule has 1 unspecified atom stereocenters. The molecule has 0 amide bonds. The summed E-state index contributed by atoms with van der Waals surface area (Å²) in [7, 11) is -3.57. The molecule has 0 radical (unpaired) electrons. The lowest BCUT2D eigenvalue weighted by Crippen LogP contribution is -2.18. The van der Waals surface area contributed by atoms with Crippen molar-refractivity contribution in [1.82, 2.24) is 9.55 Å². The number of rotatable bonds is 3. The number of nitrogens with zero attached hydrogens (tertiary/aromatic N) is 1. The summed E-state index contributed by atoms with van der Waals surface area (Å²) in [6, 6.07) is 14.1. The Morgan fingerprint density at radius 2 is 1.61 bits per heavy atom. The highest BCUT2D eigenvalue weighted by molar-refractivity contribution is 9.10. The van der Waals surface area contributed by atoms with Crippen molar-refractivity contribution in [3.63, 3.8) is 0 Å². The van der Waals surface area contributed by atoms with Crippen LogP contribution < -0.4 is 5.69 Å². The third-order valence-electron chi connectivity index (χ3n) is 4.65. The van der Waals surface area contributed by atoms with Crippen LogP contribution in [0.25, 0.3) is 17.8 Å². The molecular formula is C21H17BrN2O3S. The van der Waals surface area contributed by atoms with Gasteiger partial charge in [0.15, 0.2) is 9.84 Å². The molecule has 0 bridgehead atoms. The molecule has 0 spiro atoms. The Bertz CT molecular complexity index is 1250. The van der Waals surface area contributed by atoms with Crippen LogP contribution in [0.4, 0.5) is 0 Å². The number of fused-ring (bicyclic) bond motifs is 1. The van der Waals surface area contributed by atoms with Crippen LogP contribution in [0.2, 0.25) is 0 Å². The second-order valence-corrected chi connectivity index (χ2v) is 9.60. The van der Waals surface area contributed by atoms with Crippen molar-refractivity contribution in [2.75, 3.05) is 0 Å². The van der Waals surface area contributed by atoms with Crippen molar-refractivity contribution in [2.45, 2.75) is 17.1 Å². The minimum absolute atomic E-state index is 0.272. The molecule has 0 saturated heterocycles. The Hall–Kier alpha value is -2.64. The Morgan fingerprint density at radius 1 is 0.964 bits per heavy atom. The molecule has 4 rings (SSSR count). The lowest BCUT2D eigenvalue weighted by Gasteiger charge is -2.10. The van der Waals surface area contributed by atoms with Crippen molar-refractivity contribution in [3.05, 3.63) is 92.6 Å². The Labute approximate surface area is 171 Å². The molecule has 142 valence electrons. The molecule has 7 heteroatoms. The molecule has 1 heterocycles. The van der Waals surface area contributed by atoms with Gasteiger partial charge in [-0.2, -0.15) is 0 Å². The molecule has 2 aromatic carbocycles. The fourth-order valence-corrected chi connectivity index (χ4v) is 4.80. The molecule has 28 heavy (non-hydrogen) atoms. The second-order valence-electron chi connectivity index (χ2n) is 6.58. The first-order valence-corrected chi connectivity index (χ1v) is 11.0. The molecule has 1 aliphatic rings. The summed E-state index contributed by atoms with van der Waals surface area (Å²) < 4.78 is 28.4. The highest BCUT2D eigenvalue weighted by atomic mass is 79.9. The van der Waals surface area contributed by atoms with Crippen LogP contribution in [-0.4, -0.2) is 23.2 Å². The highest BCUT2D eigenvalue weighted by Gasteiger charge is 2.25. The number of aromatic amines is 1. The molecule has 1 aromatic heterocycles. The number of halogens is 1. The number of benzene rings is 2. The molecule has 0 aliphatic heterocycles. The number of sulfone groups is 1. The van der Waals surface area contributed by atoms with Crippen molar-refractivity contribution >= 4 is 37.9 Å². The van der Waals surface area contributed by atoms with Gasteiger partial charge in [0, 0.05) is 4.47 Å². The number of H-pyrrole nitrogens is 1. The van der Waals surface area contributed by atoms with E-state index in [1.807, 2.05) is 31.2 Å². The van der Waals surface area contributed by atoms with Gasteiger partial charge in [0.1, 0.15) is 5.25 Å². The van der Waals surface area contributed by atoms with E-state index in [1.54, 1.807) is 48.6 Å². The molecular weight excluding hydrogens is 440 g/mol. The first kappa shape index (κ1) is 18.7. The molecule has 0 fully saturated rings. The SMILES string of the molecule is Cc1ccc(S(=O)(=O)C2C=Cc3[nH]c(=O)n(-c4ccc(Br)cc4)c3C=C2)cc1. The fourth-order valence-electron chi connectivity index (χ4n) is 3.14. The van der Waals surface area contributed by atoms with Gasteiger partial charge in [-0.3, -0.25) is 4.57 Å². The van der Waals surface area contributed by atoms with Crippen molar-refractivity contribution < 1.29 is 8.42 Å². The fraction of sp³-hybridized carbons (Fsp3) is 0.0952. The average molecular weight is 457 g/mol. The van der Waals surface area contributed by atoms with Gasteiger partial charge in [0.2, 0.25) is 0 Å². The molecule has 1 atom stereocenters. The van der Waals surface area contributed by atoms with E-state index >= 15 is 0 Å². The third-order valence-corrected chi connectivity index (χ3v) is 7.14. The zero-order valence-corrected chi connectivity index (χ0v) is 17.4. The van der Waals surface area contributed by atoms with Crippen LogP contribution in [0.15, 0.2) is 74.8 Å². The van der Waals surface area contributed by atoms with E-state index in [0.29, 0.717) is 17.1 Å². The van der Waals surface area contributed by atoms with Crippen LogP contribution in [0.1, 0.15) is 17.0 Å². The number of imidazole rings is 1. The lowest BCUT2D eigenvalue weighted by molar-refractivity contribution is 0.594. The first-order valence-electron chi connectivity index (χ1n) is 8.64. The highest BCUT2D eigenvalue weighted by Crippen LogP contribution is 2.25. The van der Waals surface area contributed by atoms with Crippen molar-refractivity contribution in [1.29, 1.82) is 0 Å². The van der Waals surface area contributed by atoms with E-state index in [-0.39, 0.29) is 10.6 Å². The zero-order valence-electron chi connectivity index (χ0n) is 15.0. The van der Waals surface area contributed by atoms with E-state index in [2.05, 4.69) is 20.9 Å². The summed E-state index contributed by atoms with van der Waals surface area (Å²) in [6.07, 6.45) is 6.55. The first-order chi connectivity index (χ1) is 13.4. The van der Waals surface area contributed by atoms with Gasteiger partial charge in [-0.05, 0) is 55.5 Å². The number of hydrogen-bond acceptors (Lipinski definition) is 3. The number of nitrogens with one attached hydrogen (secondary N) is 1. The minimum Gasteiger partial charge on any atom is -0.305 e. The zero-order chi connectivity index (χ0) is 19.9. The largest absolute Gasteiger partial charge is 0.331 e. The maximum atomic E-state index is 13.0. The monoisotopic (exact) mass is 456 g/mol. The van der Waals surface area contributed by atoms with Crippen LogP contribution >= 0.6 is 15.9 Å². The smallest absolute Gasteiger partial charge is 0.305 e. The molecule has 1 aliphatic carbocycles. The standard InChI is InChI=1S/C21H17BrN2O3S/c1-14-2-8-17(9-3-14)28(26,27)18-10-12-19-20(13-11-18)24(21(25)23-19)16-6-4-15(22)5-7-16/h2-13,18H,1H3,(H,23,25). The summed E-state index contributed by atoms with van der Waals surface area (Å²) in [6.45, 7) is 1.91. The number of aromatic nitrogens is 2. The van der Waals surface area contributed by atoms with Gasteiger partial charge in [-0.25, -0.2) is 13.2 Å². The summed E-state index contributed by atoms with van der Waals surface area (Å²) in [4.78, 5) is 15.5. The Morgan fingerprint density at radius 3 is 2.29 bits per heavy atom. The van der Waals surface area contributed by atoms with E-state index in [9.17, 15) is 13.2 Å². The topological polar surface area (TPSA) is 71.9 Å². The third kappa shape index (κ3) is 3.31. The van der Waals surface area contributed by atoms with E-state index in [4.69, 9.17) is 0 Å². The maximum absolute atomic E-state index is 13.0. The molecule has 0 saturated carbocycles. The summed E-state index contributed by atoms with van der Waals surface area (Å²) in [5, 5.41) is -0.815. The maximum Gasteiger partial charge on any atom is 0.331 e. The van der Waals surface area contributed by atoms with Crippen LogP contribution in [0, 0.1) is 6.92 Å². The summed E-state index contributed by atoms with van der Waals surface area (Å²) in [5.74, 6) is 0. The minimum atomic E-state index is -3.57. The van der Waals surface area contributed by atoms with Gasteiger partial charge in [-0.15, -0.1) is 0 Å². The van der Waals surface area contributed by atoms with Gasteiger partial charge in [0.25, 0.3) is 0 Å². The molecule has 1 N–H and O–H groups in total. The Balaban J connectivity index is 1.76.